The summed E-state index contributed by atoms with van der Waals surface area (Å²) in [6, 6.07) is 8.62. The molecule has 1 spiro atoms. The summed E-state index contributed by atoms with van der Waals surface area (Å²) in [5, 5.41) is 11.8. The van der Waals surface area contributed by atoms with Crippen LogP contribution in [0, 0.1) is 11.3 Å². The molecule has 1 aromatic carbocycles. The van der Waals surface area contributed by atoms with E-state index in [1.54, 1.807) is 24.3 Å². The number of nitriles is 1. The Morgan fingerprint density at radius 2 is 2.00 bits per heavy atom. The van der Waals surface area contributed by atoms with Crippen molar-refractivity contribution in [1.82, 2.24) is 10.2 Å². The minimum absolute atomic E-state index is 0.0365. The zero-order valence-corrected chi connectivity index (χ0v) is 14.5. The smallest absolute Gasteiger partial charge is 0.325 e. The molecule has 1 saturated carbocycles. The first-order chi connectivity index (χ1) is 12.6. The molecule has 0 atom stereocenters. The van der Waals surface area contributed by atoms with Gasteiger partial charge in [0.25, 0.3) is 5.91 Å². The van der Waals surface area contributed by atoms with Crippen LogP contribution in [-0.2, 0) is 20.9 Å². The van der Waals surface area contributed by atoms with Gasteiger partial charge in [0, 0.05) is 18.5 Å². The lowest BCUT2D eigenvalue weighted by Gasteiger charge is -2.19. The van der Waals surface area contributed by atoms with Crippen LogP contribution in [0.1, 0.15) is 49.7 Å². The summed E-state index contributed by atoms with van der Waals surface area (Å²) in [4.78, 5) is 37.6. The number of benzene rings is 1. The summed E-state index contributed by atoms with van der Waals surface area (Å²) in [6.07, 6.45) is 3.72. The highest BCUT2D eigenvalue weighted by Crippen LogP contribution is 2.35. The molecule has 0 aromatic heterocycles. The topological polar surface area (TPSA) is 99.5 Å². The van der Waals surface area contributed by atoms with Crippen LogP contribution in [0.2, 0.25) is 0 Å². The maximum atomic E-state index is 12.5. The zero-order chi connectivity index (χ0) is 18.6. The summed E-state index contributed by atoms with van der Waals surface area (Å²) >= 11 is 0. The van der Waals surface area contributed by atoms with Crippen molar-refractivity contribution in [2.45, 2.75) is 50.7 Å². The van der Waals surface area contributed by atoms with Crippen molar-refractivity contribution in [3.63, 3.8) is 0 Å². The van der Waals surface area contributed by atoms with Crippen LogP contribution < -0.4 is 5.32 Å². The Morgan fingerprint density at radius 3 is 2.73 bits per heavy atom. The van der Waals surface area contributed by atoms with Crippen LogP contribution in [-0.4, -0.2) is 34.9 Å². The molecule has 7 heteroatoms. The summed E-state index contributed by atoms with van der Waals surface area (Å²) in [5.41, 5.74) is 0.417. The number of hydrogen-bond acceptors (Lipinski definition) is 5. The second kappa shape index (κ2) is 7.56. The van der Waals surface area contributed by atoms with Gasteiger partial charge in [-0.25, -0.2) is 4.79 Å². The van der Waals surface area contributed by atoms with Gasteiger partial charge in [0.05, 0.1) is 11.6 Å². The average Bonchev–Trinajstić information content (AvgIpc) is 3.20. The normalized spacial score (nSPS) is 18.0. The van der Waals surface area contributed by atoms with Gasteiger partial charge in [-0.05, 0) is 25.3 Å². The molecule has 1 aromatic rings. The number of esters is 1. The second-order valence-electron chi connectivity index (χ2n) is 6.71. The lowest BCUT2D eigenvalue weighted by Crippen LogP contribution is -2.44. The van der Waals surface area contributed by atoms with Gasteiger partial charge in [0.1, 0.15) is 12.1 Å². The summed E-state index contributed by atoms with van der Waals surface area (Å²) < 4.78 is 5.19. The Bertz CT molecular complexity index is 762. The van der Waals surface area contributed by atoms with Gasteiger partial charge in [0.2, 0.25) is 0 Å². The number of nitrogens with zero attached hydrogens (tertiary/aromatic N) is 2. The number of hydrogen-bond donors (Lipinski definition) is 1. The lowest BCUT2D eigenvalue weighted by molar-refractivity contribution is -0.145. The van der Waals surface area contributed by atoms with E-state index >= 15 is 0 Å². The Kier molecular flexibility index (Phi) is 5.21. The summed E-state index contributed by atoms with van der Waals surface area (Å²) in [7, 11) is 0. The third kappa shape index (κ3) is 3.54. The van der Waals surface area contributed by atoms with E-state index in [4.69, 9.17) is 10.00 Å². The number of rotatable bonds is 6. The first kappa shape index (κ1) is 17.9. The molecular weight excluding hydrogens is 334 g/mol. The van der Waals surface area contributed by atoms with Gasteiger partial charge in [-0.3, -0.25) is 14.5 Å². The van der Waals surface area contributed by atoms with Crippen LogP contribution in [0.25, 0.3) is 0 Å². The van der Waals surface area contributed by atoms with Gasteiger partial charge in [0.15, 0.2) is 0 Å². The van der Waals surface area contributed by atoms with E-state index in [-0.39, 0.29) is 31.5 Å². The first-order valence-corrected chi connectivity index (χ1v) is 8.83. The van der Waals surface area contributed by atoms with Crippen LogP contribution in [0.5, 0.6) is 0 Å². The Balaban J connectivity index is 1.45. The van der Waals surface area contributed by atoms with Crippen molar-refractivity contribution in [3.05, 3.63) is 35.4 Å². The van der Waals surface area contributed by atoms with E-state index in [0.717, 1.165) is 12.8 Å². The van der Waals surface area contributed by atoms with E-state index in [0.29, 0.717) is 30.4 Å². The number of amides is 3. The van der Waals surface area contributed by atoms with Gasteiger partial charge in [-0.15, -0.1) is 0 Å². The molecule has 1 aliphatic carbocycles. The minimum Gasteiger partial charge on any atom is -0.461 e. The molecule has 2 fully saturated rings. The third-order valence-corrected chi connectivity index (χ3v) is 4.99. The molecule has 3 amide bonds. The fourth-order valence-corrected chi connectivity index (χ4v) is 3.56. The Hall–Kier alpha value is -2.88. The summed E-state index contributed by atoms with van der Waals surface area (Å²) in [6.45, 7) is 0.241. The average molecular weight is 355 g/mol. The molecule has 1 heterocycles. The molecular formula is C19H21N3O4. The van der Waals surface area contributed by atoms with E-state index in [2.05, 4.69) is 11.4 Å². The van der Waals surface area contributed by atoms with E-state index in [1.807, 2.05) is 0 Å². The highest BCUT2D eigenvalue weighted by atomic mass is 16.5. The molecule has 1 aliphatic heterocycles. The van der Waals surface area contributed by atoms with Gasteiger partial charge in [-0.1, -0.05) is 31.0 Å². The van der Waals surface area contributed by atoms with Crippen LogP contribution in [0.4, 0.5) is 4.79 Å². The van der Waals surface area contributed by atoms with Crippen molar-refractivity contribution in [3.8, 4) is 6.07 Å². The standard InChI is InChI=1S/C19H21N3O4/c20-12-14-6-1-2-7-15(14)13-26-16(23)8-5-11-22-17(24)19(21-18(22)25)9-3-4-10-19/h1-2,6-7H,3-5,8-11,13H2,(H,21,25). The predicted molar refractivity (Wildman–Crippen MR) is 91.6 cm³/mol. The SMILES string of the molecule is N#Cc1ccccc1COC(=O)CCCN1C(=O)NC2(CCCC2)C1=O. The third-order valence-electron chi connectivity index (χ3n) is 4.99. The quantitative estimate of drug-likeness (QED) is 0.623. The second-order valence-corrected chi connectivity index (χ2v) is 6.71. The van der Waals surface area contributed by atoms with Crippen molar-refractivity contribution in [1.29, 1.82) is 5.26 Å². The fourth-order valence-electron chi connectivity index (χ4n) is 3.56. The Labute approximate surface area is 151 Å². The van der Waals surface area contributed by atoms with E-state index in [9.17, 15) is 14.4 Å². The Morgan fingerprint density at radius 1 is 1.27 bits per heavy atom. The first-order valence-electron chi connectivity index (χ1n) is 8.83. The summed E-state index contributed by atoms with van der Waals surface area (Å²) in [5.74, 6) is -0.586. The number of carbonyl (C=O) groups excluding carboxylic acids is 3. The molecule has 7 nitrogen and oxygen atoms in total. The van der Waals surface area contributed by atoms with Crippen LogP contribution in [0.3, 0.4) is 0 Å². The van der Waals surface area contributed by atoms with E-state index < -0.39 is 11.5 Å². The zero-order valence-electron chi connectivity index (χ0n) is 14.5. The molecule has 3 rings (SSSR count). The minimum atomic E-state index is -0.710. The van der Waals surface area contributed by atoms with Crippen molar-refractivity contribution in [2.24, 2.45) is 0 Å². The van der Waals surface area contributed by atoms with Gasteiger partial charge in [-0.2, -0.15) is 5.26 Å². The highest BCUT2D eigenvalue weighted by molar-refractivity contribution is 6.07. The number of nitrogens with one attached hydrogen (secondary N) is 1. The molecule has 26 heavy (non-hydrogen) atoms. The molecule has 0 radical (unpaired) electrons. The number of ether oxygens (including phenoxy) is 1. The van der Waals surface area contributed by atoms with Gasteiger partial charge < -0.3 is 10.1 Å². The van der Waals surface area contributed by atoms with Crippen molar-refractivity contribution < 1.29 is 19.1 Å². The molecule has 1 saturated heterocycles. The maximum absolute atomic E-state index is 12.5. The lowest BCUT2D eigenvalue weighted by atomic mass is 9.98. The van der Waals surface area contributed by atoms with Crippen LogP contribution >= 0.6 is 0 Å². The molecule has 1 N–H and O–H groups in total. The molecule has 0 bridgehead atoms. The van der Waals surface area contributed by atoms with Crippen molar-refractivity contribution in [2.75, 3.05) is 6.54 Å². The van der Waals surface area contributed by atoms with Gasteiger partial charge >= 0.3 is 12.0 Å². The number of carbonyl (C=O) groups is 3. The van der Waals surface area contributed by atoms with Crippen molar-refractivity contribution >= 4 is 17.9 Å². The molecule has 0 unspecified atom stereocenters. The highest BCUT2D eigenvalue weighted by Gasteiger charge is 2.52. The predicted octanol–water partition coefficient (Wildman–Crippen LogP) is 2.25. The maximum Gasteiger partial charge on any atom is 0.325 e. The monoisotopic (exact) mass is 355 g/mol. The van der Waals surface area contributed by atoms with E-state index in [1.165, 1.54) is 4.90 Å². The largest absolute Gasteiger partial charge is 0.461 e. The molecule has 136 valence electrons. The fraction of sp³-hybridized carbons (Fsp3) is 0.474. The van der Waals surface area contributed by atoms with Crippen LogP contribution in [0.15, 0.2) is 24.3 Å². The molecule has 2 aliphatic rings. The number of urea groups is 1. The number of imide groups is 1.